The standard InChI is InChI=1S/C6H10O6/c7-2-1-12-5(6(10)11)4(9)3(2)8/h2-5,7-9H,1H2,(H,10,11)/t2?,3-,4-,5?/m1/s1. The second kappa shape index (κ2) is 3.36. The van der Waals surface area contributed by atoms with Crippen molar-refractivity contribution in [1.82, 2.24) is 0 Å². The van der Waals surface area contributed by atoms with Gasteiger partial charge in [-0.25, -0.2) is 4.79 Å². The van der Waals surface area contributed by atoms with Gasteiger partial charge >= 0.3 is 5.97 Å². The molecule has 0 bridgehead atoms. The Bertz CT molecular complexity index is 181. The molecule has 12 heavy (non-hydrogen) atoms. The lowest BCUT2D eigenvalue weighted by Crippen LogP contribution is -2.55. The number of rotatable bonds is 1. The second-order valence-corrected chi connectivity index (χ2v) is 2.64. The van der Waals surface area contributed by atoms with Crippen molar-refractivity contribution in [3.8, 4) is 0 Å². The third-order valence-electron chi connectivity index (χ3n) is 1.74. The molecule has 1 fully saturated rings. The third-order valence-corrected chi connectivity index (χ3v) is 1.74. The SMILES string of the molecule is O=C(O)C1OCC(O)[C@@H](O)[C@H]1O. The van der Waals surface area contributed by atoms with Crippen LogP contribution in [0.4, 0.5) is 0 Å². The zero-order valence-electron chi connectivity index (χ0n) is 6.12. The molecule has 6 heteroatoms. The van der Waals surface area contributed by atoms with Crippen LogP contribution in [0.25, 0.3) is 0 Å². The third kappa shape index (κ3) is 1.56. The monoisotopic (exact) mass is 178 g/mol. The van der Waals surface area contributed by atoms with Gasteiger partial charge in [0.2, 0.25) is 0 Å². The van der Waals surface area contributed by atoms with Crippen LogP contribution < -0.4 is 0 Å². The van der Waals surface area contributed by atoms with E-state index in [1.807, 2.05) is 0 Å². The summed E-state index contributed by atoms with van der Waals surface area (Å²) in [6.07, 6.45) is -5.72. The predicted molar refractivity (Wildman–Crippen MR) is 35.4 cm³/mol. The van der Waals surface area contributed by atoms with Crippen molar-refractivity contribution in [2.75, 3.05) is 6.61 Å². The van der Waals surface area contributed by atoms with Crippen molar-refractivity contribution in [3.63, 3.8) is 0 Å². The smallest absolute Gasteiger partial charge is 0.335 e. The second-order valence-electron chi connectivity index (χ2n) is 2.64. The van der Waals surface area contributed by atoms with Crippen LogP contribution in [-0.2, 0) is 9.53 Å². The van der Waals surface area contributed by atoms with Crippen LogP contribution >= 0.6 is 0 Å². The van der Waals surface area contributed by atoms with Gasteiger partial charge in [-0.3, -0.25) is 0 Å². The average molecular weight is 178 g/mol. The first kappa shape index (κ1) is 9.40. The Kier molecular flexibility index (Phi) is 2.63. The molecule has 1 saturated heterocycles. The van der Waals surface area contributed by atoms with Gasteiger partial charge in [-0.05, 0) is 0 Å². The summed E-state index contributed by atoms with van der Waals surface area (Å²) in [5.41, 5.74) is 0. The molecule has 0 aromatic carbocycles. The quantitative estimate of drug-likeness (QED) is 0.355. The van der Waals surface area contributed by atoms with Gasteiger partial charge in [0.15, 0.2) is 6.10 Å². The molecule has 70 valence electrons. The number of carboxylic acid groups (broad SMARTS) is 1. The van der Waals surface area contributed by atoms with Gasteiger partial charge in [0, 0.05) is 0 Å². The predicted octanol–water partition coefficient (Wildman–Crippen LogP) is -2.45. The van der Waals surface area contributed by atoms with Crippen LogP contribution in [-0.4, -0.2) is 57.4 Å². The van der Waals surface area contributed by atoms with E-state index < -0.39 is 30.4 Å². The lowest BCUT2D eigenvalue weighted by molar-refractivity contribution is -0.201. The van der Waals surface area contributed by atoms with E-state index in [4.69, 9.17) is 20.4 Å². The van der Waals surface area contributed by atoms with E-state index in [2.05, 4.69) is 4.74 Å². The number of ether oxygens (including phenoxy) is 1. The molecule has 4 atom stereocenters. The van der Waals surface area contributed by atoms with Gasteiger partial charge < -0.3 is 25.2 Å². The molecule has 4 N–H and O–H groups in total. The van der Waals surface area contributed by atoms with Crippen molar-refractivity contribution >= 4 is 5.97 Å². The molecular formula is C6H10O6. The zero-order valence-corrected chi connectivity index (χ0v) is 6.12. The Labute approximate surface area is 68.0 Å². The van der Waals surface area contributed by atoms with Crippen molar-refractivity contribution in [1.29, 1.82) is 0 Å². The summed E-state index contributed by atoms with van der Waals surface area (Å²) in [6.45, 7) is -0.283. The highest BCUT2D eigenvalue weighted by Crippen LogP contribution is 2.15. The Balaban J connectivity index is 2.65. The summed E-state index contributed by atoms with van der Waals surface area (Å²) in [4.78, 5) is 10.3. The maximum absolute atomic E-state index is 10.3. The molecule has 2 unspecified atom stereocenters. The highest BCUT2D eigenvalue weighted by molar-refractivity contribution is 5.73. The molecule has 6 nitrogen and oxygen atoms in total. The van der Waals surface area contributed by atoms with E-state index in [0.717, 1.165) is 0 Å². The van der Waals surface area contributed by atoms with Crippen molar-refractivity contribution in [3.05, 3.63) is 0 Å². The van der Waals surface area contributed by atoms with Crippen LogP contribution in [0, 0.1) is 0 Å². The first-order chi connectivity index (χ1) is 5.54. The number of carboxylic acids is 1. The zero-order chi connectivity index (χ0) is 9.30. The Hall–Kier alpha value is -0.690. The maximum atomic E-state index is 10.3. The number of aliphatic hydroxyl groups excluding tert-OH is 3. The minimum Gasteiger partial charge on any atom is -0.479 e. The van der Waals surface area contributed by atoms with Gasteiger partial charge in [0.05, 0.1) is 6.61 Å². The van der Waals surface area contributed by atoms with Gasteiger partial charge in [-0.15, -0.1) is 0 Å². The van der Waals surface area contributed by atoms with E-state index >= 15 is 0 Å². The summed E-state index contributed by atoms with van der Waals surface area (Å²) < 4.78 is 4.57. The summed E-state index contributed by atoms with van der Waals surface area (Å²) >= 11 is 0. The fraction of sp³-hybridized carbons (Fsp3) is 0.833. The van der Waals surface area contributed by atoms with E-state index in [-0.39, 0.29) is 6.61 Å². The minimum absolute atomic E-state index is 0.283. The fourth-order valence-electron chi connectivity index (χ4n) is 1.02. The summed E-state index contributed by atoms with van der Waals surface area (Å²) in [6, 6.07) is 0. The molecule has 0 aromatic heterocycles. The van der Waals surface area contributed by atoms with Crippen LogP contribution in [0.2, 0.25) is 0 Å². The molecule has 1 heterocycles. The number of hydrogen-bond acceptors (Lipinski definition) is 5. The summed E-state index contributed by atoms with van der Waals surface area (Å²) in [5, 5.41) is 35.4. The van der Waals surface area contributed by atoms with Crippen molar-refractivity contribution in [2.45, 2.75) is 24.4 Å². The van der Waals surface area contributed by atoms with Crippen molar-refractivity contribution < 1.29 is 30.0 Å². The van der Waals surface area contributed by atoms with E-state index in [1.165, 1.54) is 0 Å². The molecular weight excluding hydrogens is 168 g/mol. The average Bonchev–Trinajstić information content (AvgIpc) is 2.00. The fourth-order valence-corrected chi connectivity index (χ4v) is 1.02. The lowest BCUT2D eigenvalue weighted by Gasteiger charge is -2.32. The van der Waals surface area contributed by atoms with Gasteiger partial charge in [0.25, 0.3) is 0 Å². The molecule has 0 amide bonds. The molecule has 0 radical (unpaired) electrons. The van der Waals surface area contributed by atoms with Gasteiger partial charge in [-0.2, -0.15) is 0 Å². The first-order valence-electron chi connectivity index (χ1n) is 3.42. The lowest BCUT2D eigenvalue weighted by atomic mass is 10.0. The van der Waals surface area contributed by atoms with Gasteiger partial charge in [-0.1, -0.05) is 0 Å². The van der Waals surface area contributed by atoms with Crippen LogP contribution in [0.15, 0.2) is 0 Å². The normalized spacial score (nSPS) is 42.6. The summed E-state index contributed by atoms with van der Waals surface area (Å²) in [7, 11) is 0. The first-order valence-corrected chi connectivity index (χ1v) is 3.42. The number of hydrogen-bond donors (Lipinski definition) is 4. The van der Waals surface area contributed by atoms with Crippen LogP contribution in [0.3, 0.4) is 0 Å². The van der Waals surface area contributed by atoms with Crippen LogP contribution in [0.5, 0.6) is 0 Å². The highest BCUT2D eigenvalue weighted by atomic mass is 16.5. The molecule has 1 rings (SSSR count). The van der Waals surface area contributed by atoms with Crippen molar-refractivity contribution in [2.24, 2.45) is 0 Å². The topological polar surface area (TPSA) is 107 Å². The molecule has 0 spiro atoms. The maximum Gasteiger partial charge on any atom is 0.335 e. The molecule has 1 aliphatic heterocycles. The van der Waals surface area contributed by atoms with Crippen LogP contribution in [0.1, 0.15) is 0 Å². The largest absolute Gasteiger partial charge is 0.479 e. The Morgan fingerprint density at radius 3 is 2.33 bits per heavy atom. The molecule has 0 aliphatic carbocycles. The van der Waals surface area contributed by atoms with E-state index in [9.17, 15) is 4.79 Å². The number of carbonyl (C=O) groups is 1. The molecule has 0 saturated carbocycles. The number of aliphatic carboxylic acids is 1. The highest BCUT2D eigenvalue weighted by Gasteiger charge is 2.41. The summed E-state index contributed by atoms with van der Waals surface area (Å²) in [5.74, 6) is -1.35. The van der Waals surface area contributed by atoms with Gasteiger partial charge in [0.1, 0.15) is 18.3 Å². The van der Waals surface area contributed by atoms with E-state index in [0.29, 0.717) is 0 Å². The Morgan fingerprint density at radius 2 is 1.83 bits per heavy atom. The minimum atomic E-state index is -1.58. The number of aliphatic hydroxyl groups is 3. The molecule has 1 aliphatic rings. The molecule has 0 aromatic rings. The van der Waals surface area contributed by atoms with E-state index in [1.54, 1.807) is 0 Å². The Morgan fingerprint density at radius 1 is 1.25 bits per heavy atom.